The summed E-state index contributed by atoms with van der Waals surface area (Å²) in [4.78, 5) is 0. The molecule has 1 aromatic rings. The van der Waals surface area contributed by atoms with Gasteiger partial charge in [-0.05, 0) is 43.4 Å². The third kappa shape index (κ3) is 4.29. The number of ether oxygens (including phenoxy) is 2. The van der Waals surface area contributed by atoms with Crippen molar-refractivity contribution in [3.8, 4) is 11.5 Å². The van der Waals surface area contributed by atoms with E-state index in [9.17, 15) is 0 Å². The molecule has 2 unspecified atom stereocenters. The van der Waals surface area contributed by atoms with Crippen LogP contribution in [0.2, 0.25) is 0 Å². The second-order valence-electron chi connectivity index (χ2n) is 6.92. The van der Waals surface area contributed by atoms with Crippen LogP contribution in [-0.4, -0.2) is 12.2 Å². The first-order valence-electron chi connectivity index (χ1n) is 7.46. The fraction of sp³-hybridized carbons (Fsp3) is 0.556. The van der Waals surface area contributed by atoms with E-state index >= 15 is 0 Å². The van der Waals surface area contributed by atoms with E-state index in [0.717, 1.165) is 24.3 Å². The number of allylic oxidation sites excluding steroid dienone is 1. The van der Waals surface area contributed by atoms with Gasteiger partial charge in [0, 0.05) is 12.5 Å². The minimum absolute atomic E-state index is 0.0780. The topological polar surface area (TPSA) is 18.5 Å². The monoisotopic (exact) mass is 274 g/mol. The molecule has 1 aromatic carbocycles. The molecule has 0 saturated heterocycles. The van der Waals surface area contributed by atoms with Crippen molar-refractivity contribution >= 4 is 0 Å². The molecule has 1 aliphatic heterocycles. The summed E-state index contributed by atoms with van der Waals surface area (Å²) in [5.41, 5.74) is 1.61. The standard InChI is InChI=1S/C18H26O2/c1-13(7-6-10-18(3,4)5)19-16-9-8-15-11-14(2)20-17(15)12-16/h6-9,12-14H,10-11H2,1-5H3/b7-6+. The number of fused-ring (bicyclic) bond motifs is 1. The van der Waals surface area contributed by atoms with Crippen LogP contribution in [0.1, 0.15) is 46.6 Å². The van der Waals surface area contributed by atoms with E-state index in [-0.39, 0.29) is 12.2 Å². The second-order valence-corrected chi connectivity index (χ2v) is 6.92. The Kier molecular flexibility index (Phi) is 4.42. The van der Waals surface area contributed by atoms with Crippen LogP contribution in [0.3, 0.4) is 0 Å². The van der Waals surface area contributed by atoms with E-state index in [0.29, 0.717) is 5.41 Å². The largest absolute Gasteiger partial charge is 0.490 e. The molecule has 110 valence electrons. The number of hydrogen-bond acceptors (Lipinski definition) is 2. The first-order valence-corrected chi connectivity index (χ1v) is 7.46. The highest BCUT2D eigenvalue weighted by molar-refractivity contribution is 5.43. The lowest BCUT2D eigenvalue weighted by Gasteiger charge is -2.16. The molecule has 0 bridgehead atoms. The Balaban J connectivity index is 1.92. The maximum absolute atomic E-state index is 5.92. The highest BCUT2D eigenvalue weighted by Crippen LogP contribution is 2.32. The maximum atomic E-state index is 5.92. The summed E-state index contributed by atoms with van der Waals surface area (Å²) in [5.74, 6) is 1.85. The van der Waals surface area contributed by atoms with Gasteiger partial charge in [0.2, 0.25) is 0 Å². The molecule has 2 rings (SSSR count). The van der Waals surface area contributed by atoms with Gasteiger partial charge in [-0.25, -0.2) is 0 Å². The zero-order valence-electron chi connectivity index (χ0n) is 13.3. The molecule has 0 N–H and O–H groups in total. The Labute approximate surface area is 122 Å². The predicted molar refractivity (Wildman–Crippen MR) is 83.5 cm³/mol. The summed E-state index contributed by atoms with van der Waals surface area (Å²) in [6, 6.07) is 6.15. The van der Waals surface area contributed by atoms with Gasteiger partial charge in [0.25, 0.3) is 0 Å². The Morgan fingerprint density at radius 3 is 2.85 bits per heavy atom. The molecule has 0 spiro atoms. The van der Waals surface area contributed by atoms with Gasteiger partial charge >= 0.3 is 0 Å². The van der Waals surface area contributed by atoms with Crippen LogP contribution < -0.4 is 9.47 Å². The average Bonchev–Trinajstić information content (AvgIpc) is 2.66. The van der Waals surface area contributed by atoms with Crippen LogP contribution in [0.5, 0.6) is 11.5 Å². The van der Waals surface area contributed by atoms with Crippen LogP contribution in [0.25, 0.3) is 0 Å². The van der Waals surface area contributed by atoms with E-state index < -0.39 is 0 Å². The van der Waals surface area contributed by atoms with Gasteiger partial charge in [-0.1, -0.05) is 32.9 Å². The fourth-order valence-electron chi connectivity index (χ4n) is 2.32. The maximum Gasteiger partial charge on any atom is 0.126 e. The van der Waals surface area contributed by atoms with Crippen molar-refractivity contribution in [1.29, 1.82) is 0 Å². The van der Waals surface area contributed by atoms with Crippen LogP contribution in [0.4, 0.5) is 0 Å². The second kappa shape index (κ2) is 5.90. The molecule has 0 saturated carbocycles. The molecule has 0 radical (unpaired) electrons. The molecule has 2 heteroatoms. The van der Waals surface area contributed by atoms with E-state index in [2.05, 4.69) is 52.8 Å². The first-order chi connectivity index (χ1) is 9.33. The van der Waals surface area contributed by atoms with E-state index in [1.807, 2.05) is 12.1 Å². The summed E-state index contributed by atoms with van der Waals surface area (Å²) in [6.07, 6.45) is 6.75. The molecule has 0 aliphatic carbocycles. The number of benzene rings is 1. The van der Waals surface area contributed by atoms with Crippen molar-refractivity contribution in [2.45, 2.75) is 59.7 Å². The molecular formula is C18H26O2. The predicted octanol–water partition coefficient (Wildman–Crippen LogP) is 4.77. The molecular weight excluding hydrogens is 248 g/mol. The summed E-state index contributed by atoms with van der Waals surface area (Å²) in [5, 5.41) is 0. The molecule has 0 fully saturated rings. The van der Waals surface area contributed by atoms with Crippen LogP contribution in [0, 0.1) is 5.41 Å². The van der Waals surface area contributed by atoms with Crippen molar-refractivity contribution in [3.63, 3.8) is 0 Å². The molecule has 2 atom stereocenters. The third-order valence-corrected chi connectivity index (χ3v) is 3.33. The third-order valence-electron chi connectivity index (χ3n) is 3.33. The SMILES string of the molecule is CC(/C=C/CC(C)(C)C)Oc1ccc2c(c1)OC(C)C2. The lowest BCUT2D eigenvalue weighted by atomic mass is 9.92. The number of hydrogen-bond donors (Lipinski definition) is 0. The van der Waals surface area contributed by atoms with Gasteiger partial charge < -0.3 is 9.47 Å². The normalized spacial score (nSPS) is 19.8. The molecule has 1 aliphatic rings. The van der Waals surface area contributed by atoms with Crippen molar-refractivity contribution in [3.05, 3.63) is 35.9 Å². The van der Waals surface area contributed by atoms with Gasteiger partial charge in [0.1, 0.15) is 23.7 Å². The average molecular weight is 274 g/mol. The van der Waals surface area contributed by atoms with Gasteiger partial charge in [-0.2, -0.15) is 0 Å². The van der Waals surface area contributed by atoms with Crippen molar-refractivity contribution in [2.24, 2.45) is 5.41 Å². The lowest BCUT2D eigenvalue weighted by molar-refractivity contribution is 0.248. The minimum atomic E-state index is 0.0780. The molecule has 2 nitrogen and oxygen atoms in total. The Hall–Kier alpha value is -1.44. The van der Waals surface area contributed by atoms with E-state index in [4.69, 9.17) is 9.47 Å². The fourth-order valence-corrected chi connectivity index (χ4v) is 2.32. The van der Waals surface area contributed by atoms with Crippen LogP contribution in [-0.2, 0) is 6.42 Å². The minimum Gasteiger partial charge on any atom is -0.490 e. The summed E-state index contributed by atoms with van der Waals surface area (Å²) in [6.45, 7) is 10.9. The Morgan fingerprint density at radius 1 is 1.40 bits per heavy atom. The van der Waals surface area contributed by atoms with Crippen molar-refractivity contribution in [2.75, 3.05) is 0 Å². The summed E-state index contributed by atoms with van der Waals surface area (Å²) < 4.78 is 11.7. The van der Waals surface area contributed by atoms with E-state index in [1.54, 1.807) is 0 Å². The zero-order valence-corrected chi connectivity index (χ0v) is 13.3. The van der Waals surface area contributed by atoms with Gasteiger partial charge in [-0.3, -0.25) is 0 Å². The van der Waals surface area contributed by atoms with Gasteiger partial charge in [0.15, 0.2) is 0 Å². The number of rotatable bonds is 4. The van der Waals surface area contributed by atoms with Gasteiger partial charge in [0.05, 0.1) is 0 Å². The Bertz CT molecular complexity index is 483. The molecule has 20 heavy (non-hydrogen) atoms. The van der Waals surface area contributed by atoms with Gasteiger partial charge in [-0.15, -0.1) is 0 Å². The quantitative estimate of drug-likeness (QED) is 0.736. The van der Waals surface area contributed by atoms with Crippen molar-refractivity contribution in [1.82, 2.24) is 0 Å². The smallest absolute Gasteiger partial charge is 0.126 e. The highest BCUT2D eigenvalue weighted by Gasteiger charge is 2.19. The van der Waals surface area contributed by atoms with Crippen LogP contribution >= 0.6 is 0 Å². The highest BCUT2D eigenvalue weighted by atomic mass is 16.5. The van der Waals surface area contributed by atoms with E-state index in [1.165, 1.54) is 5.56 Å². The molecule has 1 heterocycles. The van der Waals surface area contributed by atoms with Crippen molar-refractivity contribution < 1.29 is 9.47 Å². The van der Waals surface area contributed by atoms with Crippen LogP contribution in [0.15, 0.2) is 30.4 Å². The lowest BCUT2D eigenvalue weighted by Crippen LogP contribution is -2.09. The Morgan fingerprint density at radius 2 is 2.15 bits per heavy atom. The summed E-state index contributed by atoms with van der Waals surface area (Å²) in [7, 11) is 0. The first kappa shape index (κ1) is 15.0. The molecule has 0 aromatic heterocycles. The molecule has 0 amide bonds. The summed E-state index contributed by atoms with van der Waals surface area (Å²) >= 11 is 0. The zero-order chi connectivity index (χ0) is 14.8.